The molecule has 0 fully saturated rings. The lowest BCUT2D eigenvalue weighted by atomic mass is 10.1. The van der Waals surface area contributed by atoms with E-state index in [1.165, 1.54) is 0 Å². The van der Waals surface area contributed by atoms with Crippen LogP contribution < -0.4 is 0 Å². The van der Waals surface area contributed by atoms with Crippen LogP contribution in [0, 0.1) is 0 Å². The number of aliphatic hydroxyl groups excluding tert-OH is 2. The van der Waals surface area contributed by atoms with E-state index in [2.05, 4.69) is 0 Å². The van der Waals surface area contributed by atoms with Gasteiger partial charge in [-0.25, -0.2) is 0 Å². The van der Waals surface area contributed by atoms with Gasteiger partial charge in [0.15, 0.2) is 0 Å². The number of hydrogen-bond donors (Lipinski definition) is 2. The van der Waals surface area contributed by atoms with E-state index in [-0.39, 0.29) is 12.2 Å². The maximum atomic E-state index is 9.61. The fourth-order valence-electron chi connectivity index (χ4n) is 1.23. The van der Waals surface area contributed by atoms with Crippen LogP contribution in [0.1, 0.15) is 40.5 Å². The van der Waals surface area contributed by atoms with Crippen LogP contribution in [0.5, 0.6) is 0 Å². The van der Waals surface area contributed by atoms with Crippen LogP contribution in [0.4, 0.5) is 0 Å². The van der Waals surface area contributed by atoms with Gasteiger partial charge in [0.05, 0.1) is 24.4 Å². The molecule has 98 valence electrons. The molecule has 0 unspecified atom stereocenters. The minimum Gasteiger partial charge on any atom is -0.390 e. The SMILES string of the molecule is CC(C)OCC[C@@H](O)[C@H](O)CCOC(C)C. The van der Waals surface area contributed by atoms with Crippen molar-refractivity contribution in [3.8, 4) is 0 Å². The van der Waals surface area contributed by atoms with E-state index in [0.29, 0.717) is 26.1 Å². The third-order valence-electron chi connectivity index (χ3n) is 2.17. The number of aliphatic hydroxyl groups is 2. The molecule has 0 aromatic heterocycles. The average Bonchev–Trinajstić information content (AvgIpc) is 2.16. The number of ether oxygens (including phenoxy) is 2. The van der Waals surface area contributed by atoms with Gasteiger partial charge in [-0.05, 0) is 40.5 Å². The van der Waals surface area contributed by atoms with E-state index in [1.807, 2.05) is 27.7 Å². The van der Waals surface area contributed by atoms with Crippen LogP contribution >= 0.6 is 0 Å². The van der Waals surface area contributed by atoms with Crippen LogP contribution in [-0.4, -0.2) is 47.8 Å². The highest BCUT2D eigenvalue weighted by Gasteiger charge is 2.16. The van der Waals surface area contributed by atoms with E-state index < -0.39 is 12.2 Å². The minimum absolute atomic E-state index is 0.161. The molecule has 0 radical (unpaired) electrons. The van der Waals surface area contributed by atoms with Gasteiger partial charge >= 0.3 is 0 Å². The third-order valence-corrected chi connectivity index (χ3v) is 2.17. The van der Waals surface area contributed by atoms with Crippen molar-refractivity contribution in [3.63, 3.8) is 0 Å². The number of rotatable bonds is 9. The Labute approximate surface area is 98.6 Å². The molecule has 4 heteroatoms. The molecule has 0 aliphatic rings. The molecule has 2 atom stereocenters. The molecule has 0 aromatic carbocycles. The zero-order valence-corrected chi connectivity index (χ0v) is 10.8. The van der Waals surface area contributed by atoms with Gasteiger partial charge in [-0.15, -0.1) is 0 Å². The van der Waals surface area contributed by atoms with E-state index in [9.17, 15) is 10.2 Å². The Bertz CT molecular complexity index is 141. The molecule has 0 bridgehead atoms. The number of hydrogen-bond acceptors (Lipinski definition) is 4. The molecule has 0 aliphatic heterocycles. The summed E-state index contributed by atoms with van der Waals surface area (Å²) in [5.41, 5.74) is 0. The Kier molecular flexibility index (Phi) is 8.84. The highest BCUT2D eigenvalue weighted by Crippen LogP contribution is 2.05. The Morgan fingerprint density at radius 1 is 0.750 bits per heavy atom. The fourth-order valence-corrected chi connectivity index (χ4v) is 1.23. The van der Waals surface area contributed by atoms with Gasteiger partial charge < -0.3 is 19.7 Å². The predicted molar refractivity (Wildman–Crippen MR) is 63.4 cm³/mol. The lowest BCUT2D eigenvalue weighted by molar-refractivity contribution is -0.0329. The largest absolute Gasteiger partial charge is 0.390 e. The van der Waals surface area contributed by atoms with Crippen molar-refractivity contribution >= 4 is 0 Å². The van der Waals surface area contributed by atoms with Gasteiger partial charge in [0.1, 0.15) is 0 Å². The molecule has 0 saturated carbocycles. The Hall–Kier alpha value is -0.160. The molecule has 0 amide bonds. The lowest BCUT2D eigenvalue weighted by Gasteiger charge is -2.19. The average molecular weight is 234 g/mol. The molecule has 0 aliphatic carbocycles. The summed E-state index contributed by atoms with van der Waals surface area (Å²) in [6.07, 6.45) is -0.214. The summed E-state index contributed by atoms with van der Waals surface area (Å²) in [5.74, 6) is 0. The molecule has 2 N–H and O–H groups in total. The molecular formula is C12H26O4. The smallest absolute Gasteiger partial charge is 0.0821 e. The van der Waals surface area contributed by atoms with E-state index >= 15 is 0 Å². The molecular weight excluding hydrogens is 208 g/mol. The maximum Gasteiger partial charge on any atom is 0.0821 e. The Morgan fingerprint density at radius 3 is 1.31 bits per heavy atom. The Balaban J connectivity index is 3.52. The van der Waals surface area contributed by atoms with Crippen molar-refractivity contribution in [1.82, 2.24) is 0 Å². The standard InChI is InChI=1S/C12H26O4/c1-9(2)15-7-5-11(13)12(14)6-8-16-10(3)4/h9-14H,5-8H2,1-4H3/t11-,12-/m1/s1. The molecule has 0 aromatic rings. The van der Waals surface area contributed by atoms with Gasteiger partial charge in [-0.3, -0.25) is 0 Å². The van der Waals surface area contributed by atoms with Crippen molar-refractivity contribution in [2.45, 2.75) is 65.0 Å². The second-order valence-corrected chi connectivity index (χ2v) is 4.55. The van der Waals surface area contributed by atoms with Gasteiger partial charge in [-0.2, -0.15) is 0 Å². The van der Waals surface area contributed by atoms with Crippen LogP contribution in [0.3, 0.4) is 0 Å². The van der Waals surface area contributed by atoms with Gasteiger partial charge in [0.25, 0.3) is 0 Å². The van der Waals surface area contributed by atoms with Gasteiger partial charge in [0.2, 0.25) is 0 Å². The summed E-state index contributed by atoms with van der Waals surface area (Å²) >= 11 is 0. The van der Waals surface area contributed by atoms with E-state index in [1.54, 1.807) is 0 Å². The van der Waals surface area contributed by atoms with Crippen molar-refractivity contribution in [3.05, 3.63) is 0 Å². The summed E-state index contributed by atoms with van der Waals surface area (Å²) < 4.78 is 10.6. The third kappa shape index (κ3) is 9.09. The summed E-state index contributed by atoms with van der Waals surface area (Å²) in [6.45, 7) is 8.72. The zero-order chi connectivity index (χ0) is 12.6. The fraction of sp³-hybridized carbons (Fsp3) is 1.00. The van der Waals surface area contributed by atoms with Crippen LogP contribution in [0.25, 0.3) is 0 Å². The second kappa shape index (κ2) is 8.93. The minimum atomic E-state index is -0.727. The normalized spacial score (nSPS) is 15.8. The van der Waals surface area contributed by atoms with Crippen LogP contribution in [0.2, 0.25) is 0 Å². The summed E-state index contributed by atoms with van der Waals surface area (Å²) in [4.78, 5) is 0. The van der Waals surface area contributed by atoms with E-state index in [4.69, 9.17) is 9.47 Å². The Morgan fingerprint density at radius 2 is 1.06 bits per heavy atom. The molecule has 0 saturated heterocycles. The molecule has 0 rings (SSSR count). The highest BCUT2D eigenvalue weighted by atomic mass is 16.5. The monoisotopic (exact) mass is 234 g/mol. The van der Waals surface area contributed by atoms with Crippen molar-refractivity contribution in [2.24, 2.45) is 0 Å². The van der Waals surface area contributed by atoms with E-state index in [0.717, 1.165) is 0 Å². The first-order chi connectivity index (χ1) is 7.43. The van der Waals surface area contributed by atoms with Gasteiger partial charge in [-0.1, -0.05) is 0 Å². The first-order valence-corrected chi connectivity index (χ1v) is 6.02. The zero-order valence-electron chi connectivity index (χ0n) is 10.8. The predicted octanol–water partition coefficient (Wildman–Crippen LogP) is 1.34. The van der Waals surface area contributed by atoms with Crippen molar-refractivity contribution < 1.29 is 19.7 Å². The molecule has 16 heavy (non-hydrogen) atoms. The quantitative estimate of drug-likeness (QED) is 0.632. The first-order valence-electron chi connectivity index (χ1n) is 6.02. The molecule has 0 spiro atoms. The van der Waals surface area contributed by atoms with Crippen molar-refractivity contribution in [2.75, 3.05) is 13.2 Å². The lowest BCUT2D eigenvalue weighted by Crippen LogP contribution is -2.29. The maximum absolute atomic E-state index is 9.61. The van der Waals surface area contributed by atoms with Crippen LogP contribution in [-0.2, 0) is 9.47 Å². The summed E-state index contributed by atoms with van der Waals surface area (Å²) in [7, 11) is 0. The summed E-state index contributed by atoms with van der Waals surface area (Å²) in [5, 5.41) is 19.2. The van der Waals surface area contributed by atoms with Crippen LogP contribution in [0.15, 0.2) is 0 Å². The van der Waals surface area contributed by atoms with Gasteiger partial charge in [0, 0.05) is 13.2 Å². The molecule has 4 nitrogen and oxygen atoms in total. The van der Waals surface area contributed by atoms with Crippen molar-refractivity contribution in [1.29, 1.82) is 0 Å². The summed E-state index contributed by atoms with van der Waals surface area (Å²) in [6, 6.07) is 0. The topological polar surface area (TPSA) is 58.9 Å². The first kappa shape index (κ1) is 15.8. The highest BCUT2D eigenvalue weighted by molar-refractivity contribution is 4.67. The molecule has 0 heterocycles. The second-order valence-electron chi connectivity index (χ2n) is 4.55.